The lowest BCUT2D eigenvalue weighted by atomic mass is 9.93. The van der Waals surface area contributed by atoms with Gasteiger partial charge < -0.3 is 10.2 Å². The standard InChI is InChI=1S/C17H24N6/c1-17(2)5-8-22(12-17)16(18-3)21-11-14-4-6-20-15(10-14)23-9-7-19-13-23/h4,6-7,9-10,13H,5,8,11-12H2,1-3H3,(H,18,21). The highest BCUT2D eigenvalue weighted by Crippen LogP contribution is 2.28. The molecule has 2 aromatic rings. The van der Waals surface area contributed by atoms with Gasteiger partial charge in [0.25, 0.3) is 0 Å². The monoisotopic (exact) mass is 312 g/mol. The Labute approximate surface area is 137 Å². The van der Waals surface area contributed by atoms with Crippen molar-refractivity contribution in [3.05, 3.63) is 42.6 Å². The van der Waals surface area contributed by atoms with Crippen molar-refractivity contribution in [1.29, 1.82) is 0 Å². The van der Waals surface area contributed by atoms with Gasteiger partial charge in [-0.05, 0) is 29.5 Å². The van der Waals surface area contributed by atoms with Gasteiger partial charge in [0.2, 0.25) is 0 Å². The molecular formula is C17H24N6. The van der Waals surface area contributed by atoms with Crippen LogP contribution >= 0.6 is 0 Å². The molecule has 0 radical (unpaired) electrons. The molecule has 2 aromatic heterocycles. The fourth-order valence-corrected chi connectivity index (χ4v) is 2.91. The first-order valence-electron chi connectivity index (χ1n) is 7.96. The topological polar surface area (TPSA) is 58.3 Å². The quantitative estimate of drug-likeness (QED) is 0.696. The number of guanidine groups is 1. The second kappa shape index (κ2) is 6.40. The molecule has 0 unspecified atom stereocenters. The minimum Gasteiger partial charge on any atom is -0.352 e. The van der Waals surface area contributed by atoms with Gasteiger partial charge in [-0.3, -0.25) is 9.56 Å². The van der Waals surface area contributed by atoms with E-state index in [4.69, 9.17) is 0 Å². The Morgan fingerprint density at radius 1 is 1.39 bits per heavy atom. The van der Waals surface area contributed by atoms with Crippen molar-refractivity contribution in [3.8, 4) is 5.82 Å². The van der Waals surface area contributed by atoms with Crippen LogP contribution in [0.5, 0.6) is 0 Å². The molecule has 0 saturated carbocycles. The van der Waals surface area contributed by atoms with Crippen molar-refractivity contribution in [2.75, 3.05) is 20.1 Å². The first kappa shape index (κ1) is 15.5. The first-order chi connectivity index (χ1) is 11.1. The summed E-state index contributed by atoms with van der Waals surface area (Å²) in [6.07, 6.45) is 8.43. The van der Waals surface area contributed by atoms with Crippen LogP contribution in [-0.2, 0) is 6.54 Å². The van der Waals surface area contributed by atoms with Gasteiger partial charge in [-0.1, -0.05) is 13.8 Å². The van der Waals surface area contributed by atoms with Crippen molar-refractivity contribution in [2.45, 2.75) is 26.8 Å². The lowest BCUT2D eigenvalue weighted by Gasteiger charge is -2.23. The van der Waals surface area contributed by atoms with Crippen LogP contribution in [0, 0.1) is 5.41 Å². The maximum absolute atomic E-state index is 4.42. The summed E-state index contributed by atoms with van der Waals surface area (Å²) in [5.41, 5.74) is 1.53. The zero-order chi connectivity index (χ0) is 16.3. The maximum Gasteiger partial charge on any atom is 0.193 e. The van der Waals surface area contributed by atoms with E-state index in [1.807, 2.05) is 30.1 Å². The molecule has 0 aromatic carbocycles. The maximum atomic E-state index is 4.42. The minimum absolute atomic E-state index is 0.364. The van der Waals surface area contributed by atoms with Crippen LogP contribution in [-0.4, -0.2) is 45.5 Å². The van der Waals surface area contributed by atoms with Gasteiger partial charge in [-0.15, -0.1) is 0 Å². The number of likely N-dealkylation sites (tertiary alicyclic amines) is 1. The summed E-state index contributed by atoms with van der Waals surface area (Å²) in [6, 6.07) is 4.09. The van der Waals surface area contributed by atoms with Crippen LogP contribution in [0.3, 0.4) is 0 Å². The molecule has 1 aliphatic heterocycles. The molecule has 23 heavy (non-hydrogen) atoms. The van der Waals surface area contributed by atoms with Gasteiger partial charge in [0.15, 0.2) is 5.96 Å². The van der Waals surface area contributed by atoms with Crippen molar-refractivity contribution < 1.29 is 0 Å². The SMILES string of the molecule is CN=C(NCc1ccnc(-n2ccnc2)c1)N1CCC(C)(C)C1. The van der Waals surface area contributed by atoms with E-state index in [0.29, 0.717) is 5.41 Å². The highest BCUT2D eigenvalue weighted by Gasteiger charge is 2.30. The molecule has 6 nitrogen and oxygen atoms in total. The highest BCUT2D eigenvalue weighted by molar-refractivity contribution is 5.80. The fraction of sp³-hybridized carbons (Fsp3) is 0.471. The van der Waals surface area contributed by atoms with Crippen LogP contribution in [0.2, 0.25) is 0 Å². The van der Waals surface area contributed by atoms with E-state index >= 15 is 0 Å². The Bertz CT molecular complexity index is 674. The molecule has 0 bridgehead atoms. The van der Waals surface area contributed by atoms with Crippen LogP contribution in [0.15, 0.2) is 42.0 Å². The summed E-state index contributed by atoms with van der Waals surface area (Å²) in [6.45, 7) is 7.45. The zero-order valence-electron chi connectivity index (χ0n) is 14.0. The average molecular weight is 312 g/mol. The van der Waals surface area contributed by atoms with E-state index in [-0.39, 0.29) is 0 Å². The van der Waals surface area contributed by atoms with E-state index in [1.54, 1.807) is 12.5 Å². The second-order valence-corrected chi connectivity index (χ2v) is 6.73. The van der Waals surface area contributed by atoms with Gasteiger partial charge in [0, 0.05) is 45.3 Å². The number of imidazole rings is 1. The molecule has 3 rings (SSSR count). The normalized spacial score (nSPS) is 17.5. The van der Waals surface area contributed by atoms with E-state index in [9.17, 15) is 0 Å². The van der Waals surface area contributed by atoms with Crippen molar-refractivity contribution in [1.82, 2.24) is 24.8 Å². The number of rotatable bonds is 3. The van der Waals surface area contributed by atoms with Gasteiger partial charge in [-0.2, -0.15) is 0 Å². The molecule has 0 amide bonds. The lowest BCUT2D eigenvalue weighted by molar-refractivity contribution is 0.370. The molecule has 122 valence electrons. The molecule has 3 heterocycles. The minimum atomic E-state index is 0.364. The summed E-state index contributed by atoms with van der Waals surface area (Å²) < 4.78 is 1.90. The fourth-order valence-electron chi connectivity index (χ4n) is 2.91. The predicted molar refractivity (Wildman–Crippen MR) is 91.5 cm³/mol. The largest absolute Gasteiger partial charge is 0.352 e. The van der Waals surface area contributed by atoms with Gasteiger partial charge in [0.1, 0.15) is 12.1 Å². The third-order valence-corrected chi connectivity index (χ3v) is 4.22. The number of nitrogens with one attached hydrogen (secondary N) is 1. The summed E-state index contributed by atoms with van der Waals surface area (Å²) in [7, 11) is 1.84. The van der Waals surface area contributed by atoms with Crippen molar-refractivity contribution in [3.63, 3.8) is 0 Å². The van der Waals surface area contributed by atoms with E-state index in [2.05, 4.69) is 45.1 Å². The number of aliphatic imine (C=N–C) groups is 1. The van der Waals surface area contributed by atoms with E-state index < -0.39 is 0 Å². The molecule has 1 N–H and O–H groups in total. The van der Waals surface area contributed by atoms with Crippen LogP contribution in [0.1, 0.15) is 25.8 Å². The van der Waals surface area contributed by atoms with Crippen LogP contribution < -0.4 is 5.32 Å². The Morgan fingerprint density at radius 3 is 2.91 bits per heavy atom. The first-order valence-corrected chi connectivity index (χ1v) is 7.96. The molecule has 0 spiro atoms. The number of nitrogens with zero attached hydrogens (tertiary/aromatic N) is 5. The van der Waals surface area contributed by atoms with Crippen LogP contribution in [0.4, 0.5) is 0 Å². The van der Waals surface area contributed by atoms with Gasteiger partial charge in [0.05, 0.1) is 0 Å². The Kier molecular flexibility index (Phi) is 4.32. The smallest absolute Gasteiger partial charge is 0.193 e. The number of aromatic nitrogens is 3. The van der Waals surface area contributed by atoms with Crippen molar-refractivity contribution >= 4 is 5.96 Å². The summed E-state index contributed by atoms with van der Waals surface area (Å²) >= 11 is 0. The van der Waals surface area contributed by atoms with E-state index in [0.717, 1.165) is 31.4 Å². The average Bonchev–Trinajstić information content (AvgIpc) is 3.18. The molecule has 1 aliphatic rings. The zero-order valence-corrected chi connectivity index (χ0v) is 14.0. The predicted octanol–water partition coefficient (Wildman–Crippen LogP) is 2.07. The third kappa shape index (κ3) is 3.70. The molecule has 1 saturated heterocycles. The molecular weight excluding hydrogens is 288 g/mol. The number of hydrogen-bond acceptors (Lipinski definition) is 3. The van der Waals surface area contributed by atoms with Crippen LogP contribution in [0.25, 0.3) is 5.82 Å². The molecule has 0 aliphatic carbocycles. The van der Waals surface area contributed by atoms with Crippen molar-refractivity contribution in [2.24, 2.45) is 10.4 Å². The Morgan fingerprint density at radius 2 is 2.26 bits per heavy atom. The lowest BCUT2D eigenvalue weighted by Crippen LogP contribution is -2.40. The number of pyridine rings is 1. The summed E-state index contributed by atoms with van der Waals surface area (Å²) in [5, 5.41) is 3.46. The third-order valence-electron chi connectivity index (χ3n) is 4.22. The Hall–Kier alpha value is -2.37. The van der Waals surface area contributed by atoms with Gasteiger partial charge >= 0.3 is 0 Å². The van der Waals surface area contributed by atoms with Gasteiger partial charge in [-0.25, -0.2) is 9.97 Å². The number of hydrogen-bond donors (Lipinski definition) is 1. The highest BCUT2D eigenvalue weighted by atomic mass is 15.3. The summed E-state index contributed by atoms with van der Waals surface area (Å²) in [4.78, 5) is 15.2. The van der Waals surface area contributed by atoms with E-state index in [1.165, 1.54) is 12.0 Å². The Balaban J connectivity index is 1.65. The molecule has 0 atom stereocenters. The summed E-state index contributed by atoms with van der Waals surface area (Å²) in [5.74, 6) is 1.84. The second-order valence-electron chi connectivity index (χ2n) is 6.73. The molecule has 1 fully saturated rings. The molecule has 6 heteroatoms.